The van der Waals surface area contributed by atoms with Crippen LogP contribution in [0.25, 0.3) is 0 Å². The first-order valence-corrected chi connectivity index (χ1v) is 8.20. The van der Waals surface area contributed by atoms with Gasteiger partial charge in [-0.2, -0.15) is 0 Å². The predicted octanol–water partition coefficient (Wildman–Crippen LogP) is 2.45. The lowest BCUT2D eigenvalue weighted by molar-refractivity contribution is -0.134. The standard InChI is InChI=1S/C16H19BrN2O2/c1-11-2-3-13(10-14(11)17)16(21)19-8-6-18(7-9-19)15(20)12-4-5-12/h2-3,10,12H,4-9H2,1H3. The molecule has 2 fully saturated rings. The molecule has 1 heterocycles. The van der Waals surface area contributed by atoms with E-state index in [-0.39, 0.29) is 17.7 Å². The average molecular weight is 351 g/mol. The van der Waals surface area contributed by atoms with Gasteiger partial charge in [0.05, 0.1) is 0 Å². The van der Waals surface area contributed by atoms with Crippen molar-refractivity contribution in [3.63, 3.8) is 0 Å². The van der Waals surface area contributed by atoms with Crippen molar-refractivity contribution in [3.05, 3.63) is 33.8 Å². The minimum atomic E-state index is 0.0502. The van der Waals surface area contributed by atoms with Crippen molar-refractivity contribution in [1.29, 1.82) is 0 Å². The van der Waals surface area contributed by atoms with Gasteiger partial charge in [-0.15, -0.1) is 0 Å². The smallest absolute Gasteiger partial charge is 0.254 e. The lowest BCUT2D eigenvalue weighted by Crippen LogP contribution is -2.51. The summed E-state index contributed by atoms with van der Waals surface area (Å²) in [5.74, 6) is 0.592. The van der Waals surface area contributed by atoms with E-state index in [1.165, 1.54) is 0 Å². The molecule has 21 heavy (non-hydrogen) atoms. The van der Waals surface area contributed by atoms with E-state index < -0.39 is 0 Å². The van der Waals surface area contributed by atoms with Crippen molar-refractivity contribution in [2.24, 2.45) is 5.92 Å². The molecule has 2 aliphatic rings. The van der Waals surface area contributed by atoms with Crippen LogP contribution in [0.5, 0.6) is 0 Å². The van der Waals surface area contributed by atoms with E-state index in [2.05, 4.69) is 15.9 Å². The van der Waals surface area contributed by atoms with Crippen LogP contribution in [0.4, 0.5) is 0 Å². The molecule has 3 rings (SSSR count). The van der Waals surface area contributed by atoms with Crippen molar-refractivity contribution in [1.82, 2.24) is 9.80 Å². The Kier molecular flexibility index (Phi) is 4.02. The van der Waals surface area contributed by atoms with Crippen molar-refractivity contribution in [2.45, 2.75) is 19.8 Å². The summed E-state index contributed by atoms with van der Waals surface area (Å²) in [6, 6.07) is 5.69. The first-order chi connectivity index (χ1) is 10.1. The summed E-state index contributed by atoms with van der Waals surface area (Å²) in [5.41, 5.74) is 1.82. The lowest BCUT2D eigenvalue weighted by atomic mass is 10.1. The molecular formula is C16H19BrN2O2. The van der Waals surface area contributed by atoms with E-state index in [0.717, 1.165) is 22.9 Å². The van der Waals surface area contributed by atoms with Crippen LogP contribution >= 0.6 is 15.9 Å². The third-order valence-electron chi connectivity index (χ3n) is 4.22. The number of benzene rings is 1. The number of hydrogen-bond donors (Lipinski definition) is 0. The van der Waals surface area contributed by atoms with Crippen molar-refractivity contribution >= 4 is 27.7 Å². The number of halogens is 1. The molecular weight excluding hydrogens is 332 g/mol. The van der Waals surface area contributed by atoms with Crippen LogP contribution in [-0.2, 0) is 4.79 Å². The number of amides is 2. The fraction of sp³-hybridized carbons (Fsp3) is 0.500. The molecule has 1 saturated heterocycles. The van der Waals surface area contributed by atoms with Gasteiger partial charge in [0.1, 0.15) is 0 Å². The molecule has 1 aliphatic carbocycles. The molecule has 0 aromatic heterocycles. The molecule has 1 aromatic carbocycles. The first-order valence-electron chi connectivity index (χ1n) is 7.40. The van der Waals surface area contributed by atoms with Gasteiger partial charge in [0.15, 0.2) is 0 Å². The molecule has 2 amide bonds. The van der Waals surface area contributed by atoms with Gasteiger partial charge in [-0.3, -0.25) is 9.59 Å². The second-order valence-corrected chi connectivity index (χ2v) is 6.71. The van der Waals surface area contributed by atoms with Crippen LogP contribution in [0.2, 0.25) is 0 Å². The zero-order chi connectivity index (χ0) is 15.0. The number of carbonyl (C=O) groups is 2. The topological polar surface area (TPSA) is 40.6 Å². The SMILES string of the molecule is Cc1ccc(C(=O)N2CCN(C(=O)C3CC3)CC2)cc1Br. The molecule has 112 valence electrons. The lowest BCUT2D eigenvalue weighted by Gasteiger charge is -2.35. The maximum absolute atomic E-state index is 12.5. The summed E-state index contributed by atoms with van der Waals surface area (Å²) >= 11 is 3.47. The maximum atomic E-state index is 12.5. The number of nitrogens with zero attached hydrogens (tertiary/aromatic N) is 2. The summed E-state index contributed by atoms with van der Waals surface area (Å²) in [6.45, 7) is 4.58. The van der Waals surface area contributed by atoms with Gasteiger partial charge in [-0.1, -0.05) is 22.0 Å². The Bertz CT molecular complexity index is 576. The molecule has 0 bridgehead atoms. The predicted molar refractivity (Wildman–Crippen MR) is 84.1 cm³/mol. The van der Waals surface area contributed by atoms with Crippen LogP contribution in [0.1, 0.15) is 28.8 Å². The summed E-state index contributed by atoms with van der Waals surface area (Å²) in [5, 5.41) is 0. The van der Waals surface area contributed by atoms with Gasteiger partial charge < -0.3 is 9.80 Å². The summed E-state index contributed by atoms with van der Waals surface area (Å²) in [7, 11) is 0. The van der Waals surface area contributed by atoms with Crippen molar-refractivity contribution in [2.75, 3.05) is 26.2 Å². The quantitative estimate of drug-likeness (QED) is 0.821. The summed E-state index contributed by atoms with van der Waals surface area (Å²) in [4.78, 5) is 28.2. The molecule has 0 radical (unpaired) electrons. The molecule has 1 saturated carbocycles. The molecule has 0 atom stereocenters. The van der Waals surface area contributed by atoms with Crippen molar-refractivity contribution in [3.8, 4) is 0 Å². The molecule has 1 aromatic rings. The number of piperazine rings is 1. The Morgan fingerprint density at radius 1 is 1.10 bits per heavy atom. The summed E-state index contributed by atoms with van der Waals surface area (Å²) < 4.78 is 0.955. The Morgan fingerprint density at radius 3 is 2.29 bits per heavy atom. The Labute approximate surface area is 133 Å². The maximum Gasteiger partial charge on any atom is 0.254 e. The van der Waals surface area contributed by atoms with Crippen LogP contribution in [0, 0.1) is 12.8 Å². The van der Waals surface area contributed by atoms with Crippen LogP contribution in [0.3, 0.4) is 0 Å². The first kappa shape index (κ1) is 14.6. The highest BCUT2D eigenvalue weighted by molar-refractivity contribution is 9.10. The third-order valence-corrected chi connectivity index (χ3v) is 5.08. The van der Waals surface area contributed by atoms with E-state index in [1.54, 1.807) is 0 Å². The number of carbonyl (C=O) groups excluding carboxylic acids is 2. The highest BCUT2D eigenvalue weighted by Crippen LogP contribution is 2.31. The monoisotopic (exact) mass is 350 g/mol. The molecule has 0 unspecified atom stereocenters. The number of hydrogen-bond acceptors (Lipinski definition) is 2. The highest BCUT2D eigenvalue weighted by Gasteiger charge is 2.35. The van der Waals surface area contributed by atoms with Crippen LogP contribution in [-0.4, -0.2) is 47.8 Å². The van der Waals surface area contributed by atoms with E-state index in [4.69, 9.17) is 0 Å². The summed E-state index contributed by atoms with van der Waals surface area (Å²) in [6.07, 6.45) is 2.07. The number of aryl methyl sites for hydroxylation is 1. The van der Waals surface area contributed by atoms with Gasteiger partial charge in [0.25, 0.3) is 5.91 Å². The minimum absolute atomic E-state index is 0.0502. The second-order valence-electron chi connectivity index (χ2n) is 5.86. The molecule has 1 aliphatic heterocycles. The van der Waals surface area contributed by atoms with Gasteiger partial charge in [-0.25, -0.2) is 0 Å². The number of rotatable bonds is 2. The highest BCUT2D eigenvalue weighted by atomic mass is 79.9. The fourth-order valence-electron chi connectivity index (χ4n) is 2.63. The zero-order valence-corrected chi connectivity index (χ0v) is 13.7. The van der Waals surface area contributed by atoms with Gasteiger partial charge >= 0.3 is 0 Å². The third kappa shape index (κ3) is 3.12. The van der Waals surface area contributed by atoms with Gasteiger partial charge in [0.2, 0.25) is 5.91 Å². The Hall–Kier alpha value is -1.36. The molecule has 0 spiro atoms. The van der Waals surface area contributed by atoms with Gasteiger partial charge in [-0.05, 0) is 37.5 Å². The van der Waals surface area contributed by atoms with E-state index in [1.807, 2.05) is 34.9 Å². The largest absolute Gasteiger partial charge is 0.339 e. The average Bonchev–Trinajstić information content (AvgIpc) is 3.33. The van der Waals surface area contributed by atoms with E-state index in [9.17, 15) is 9.59 Å². The van der Waals surface area contributed by atoms with E-state index >= 15 is 0 Å². The minimum Gasteiger partial charge on any atom is -0.339 e. The van der Waals surface area contributed by atoms with Crippen molar-refractivity contribution < 1.29 is 9.59 Å². The normalized spacial score (nSPS) is 18.8. The zero-order valence-electron chi connectivity index (χ0n) is 12.1. The molecule has 4 nitrogen and oxygen atoms in total. The second kappa shape index (κ2) is 5.79. The molecule has 0 N–H and O–H groups in total. The van der Waals surface area contributed by atoms with Crippen LogP contribution < -0.4 is 0 Å². The fourth-order valence-corrected chi connectivity index (χ4v) is 3.01. The van der Waals surface area contributed by atoms with Gasteiger partial charge in [0, 0.05) is 42.1 Å². The van der Waals surface area contributed by atoms with E-state index in [0.29, 0.717) is 31.7 Å². The molecule has 5 heteroatoms. The van der Waals surface area contributed by atoms with Crippen LogP contribution in [0.15, 0.2) is 22.7 Å². The Balaban J connectivity index is 1.61. The Morgan fingerprint density at radius 2 is 1.71 bits per heavy atom.